The summed E-state index contributed by atoms with van der Waals surface area (Å²) >= 11 is 0. The van der Waals surface area contributed by atoms with Crippen LogP contribution < -0.4 is 10.6 Å². The molecule has 6 heteroatoms. The van der Waals surface area contributed by atoms with Gasteiger partial charge in [0, 0.05) is 20.2 Å². The van der Waals surface area contributed by atoms with Crippen LogP contribution in [-0.4, -0.2) is 30.7 Å². The lowest BCUT2D eigenvalue weighted by molar-refractivity contribution is -0.383. The second-order valence-electron chi connectivity index (χ2n) is 5.08. The lowest BCUT2D eigenvalue weighted by atomic mass is 9.80. The van der Waals surface area contributed by atoms with Gasteiger partial charge in [-0.2, -0.15) is 0 Å². The van der Waals surface area contributed by atoms with Crippen LogP contribution in [0.2, 0.25) is 0 Å². The maximum Gasteiger partial charge on any atom is 0.315 e. The van der Waals surface area contributed by atoms with E-state index < -0.39 is 0 Å². The maximum absolute atomic E-state index is 11.3. The third-order valence-electron chi connectivity index (χ3n) is 3.88. The zero-order chi connectivity index (χ0) is 14.6. The van der Waals surface area contributed by atoms with Crippen molar-refractivity contribution in [3.05, 3.63) is 28.3 Å². The predicted molar refractivity (Wildman–Crippen MR) is 79.3 cm³/mol. The fraction of sp³-hybridized carbons (Fsp3) is 0.571. The van der Waals surface area contributed by atoms with Crippen molar-refractivity contribution in [2.24, 2.45) is 0 Å². The predicted octanol–water partition coefficient (Wildman–Crippen LogP) is 3.01. The van der Waals surface area contributed by atoms with E-state index in [-0.39, 0.29) is 16.2 Å². The molecule has 1 aliphatic rings. The molecule has 1 saturated carbocycles. The lowest BCUT2D eigenvalue weighted by Crippen LogP contribution is -2.45. The van der Waals surface area contributed by atoms with Crippen LogP contribution in [0.5, 0.6) is 0 Å². The second-order valence-corrected chi connectivity index (χ2v) is 5.08. The van der Waals surface area contributed by atoms with Crippen LogP contribution in [0, 0.1) is 10.1 Å². The molecule has 1 fully saturated rings. The summed E-state index contributed by atoms with van der Waals surface area (Å²) in [7, 11) is 1.70. The molecule has 0 amide bonds. The molecule has 110 valence electrons. The van der Waals surface area contributed by atoms with Gasteiger partial charge in [0.05, 0.1) is 10.5 Å². The summed E-state index contributed by atoms with van der Waals surface area (Å²) in [5.41, 5.74) is 1.02. The largest absolute Gasteiger partial charge is 0.380 e. The smallest absolute Gasteiger partial charge is 0.315 e. The first-order valence-corrected chi connectivity index (χ1v) is 6.92. The second kappa shape index (κ2) is 6.09. The highest BCUT2D eigenvalue weighted by Crippen LogP contribution is 2.37. The van der Waals surface area contributed by atoms with E-state index in [1.807, 2.05) is 13.0 Å². The molecule has 0 spiro atoms. The number of hydrogen-bond acceptors (Lipinski definition) is 5. The minimum atomic E-state index is -0.347. The number of hydrogen-bond donors (Lipinski definition) is 2. The van der Waals surface area contributed by atoms with E-state index in [1.165, 1.54) is 0 Å². The van der Waals surface area contributed by atoms with Gasteiger partial charge in [0.1, 0.15) is 11.4 Å². The molecule has 0 aromatic heterocycles. The molecule has 2 N–H and O–H groups in total. The summed E-state index contributed by atoms with van der Waals surface area (Å²) in [6, 6.07) is 5.27. The van der Waals surface area contributed by atoms with Gasteiger partial charge in [-0.05, 0) is 38.3 Å². The molecule has 0 radical (unpaired) electrons. The van der Waals surface area contributed by atoms with Crippen LogP contribution in [0.25, 0.3) is 0 Å². The summed E-state index contributed by atoms with van der Waals surface area (Å²) < 4.78 is 5.53. The number of benzene rings is 1. The Morgan fingerprint density at radius 3 is 2.45 bits per heavy atom. The van der Waals surface area contributed by atoms with Crippen LogP contribution in [0.4, 0.5) is 17.1 Å². The number of nitro groups is 1. The standard InChI is InChI=1S/C14H21N3O3/c1-3-15-11-6-4-7-12(13(11)17(18)19)16-10-14(20-2)8-5-9-14/h4,6-7,15-16H,3,5,8-10H2,1-2H3. The van der Waals surface area contributed by atoms with Crippen molar-refractivity contribution >= 4 is 17.1 Å². The highest BCUT2D eigenvalue weighted by Gasteiger charge is 2.37. The van der Waals surface area contributed by atoms with Crippen molar-refractivity contribution in [1.29, 1.82) is 0 Å². The molecule has 6 nitrogen and oxygen atoms in total. The quantitative estimate of drug-likeness (QED) is 0.592. The average Bonchev–Trinajstić information content (AvgIpc) is 2.38. The molecule has 0 heterocycles. The molecule has 0 saturated heterocycles. The Bertz CT molecular complexity index is 481. The van der Waals surface area contributed by atoms with E-state index >= 15 is 0 Å². The maximum atomic E-state index is 11.3. The molecule has 0 aliphatic heterocycles. The summed E-state index contributed by atoms with van der Waals surface area (Å²) in [6.45, 7) is 3.16. The minimum Gasteiger partial charge on any atom is -0.380 e. The number of methoxy groups -OCH3 is 1. The van der Waals surface area contributed by atoms with Crippen LogP contribution in [0.3, 0.4) is 0 Å². The molecular formula is C14H21N3O3. The van der Waals surface area contributed by atoms with E-state index in [1.54, 1.807) is 19.2 Å². The van der Waals surface area contributed by atoms with Crippen molar-refractivity contribution in [1.82, 2.24) is 0 Å². The van der Waals surface area contributed by atoms with Gasteiger partial charge in [-0.3, -0.25) is 10.1 Å². The highest BCUT2D eigenvalue weighted by molar-refractivity contribution is 5.76. The Balaban J connectivity index is 2.18. The molecule has 1 aromatic carbocycles. The molecule has 0 unspecified atom stereocenters. The Labute approximate surface area is 118 Å². The van der Waals surface area contributed by atoms with Crippen LogP contribution in [-0.2, 0) is 4.74 Å². The first kappa shape index (κ1) is 14.6. The van der Waals surface area contributed by atoms with Crippen LogP contribution >= 0.6 is 0 Å². The first-order chi connectivity index (χ1) is 9.62. The van der Waals surface area contributed by atoms with Crippen LogP contribution in [0.1, 0.15) is 26.2 Å². The van der Waals surface area contributed by atoms with Crippen molar-refractivity contribution in [2.75, 3.05) is 30.8 Å². The van der Waals surface area contributed by atoms with E-state index in [2.05, 4.69) is 10.6 Å². The summed E-state index contributed by atoms with van der Waals surface area (Å²) in [5.74, 6) is 0. The fourth-order valence-corrected chi connectivity index (χ4v) is 2.50. The Hall–Kier alpha value is -1.82. The van der Waals surface area contributed by atoms with Gasteiger partial charge in [0.2, 0.25) is 0 Å². The zero-order valence-corrected chi connectivity index (χ0v) is 11.9. The average molecular weight is 279 g/mol. The third kappa shape index (κ3) is 2.85. The number of rotatable bonds is 7. The number of ether oxygens (including phenoxy) is 1. The summed E-state index contributed by atoms with van der Waals surface area (Å²) in [6.07, 6.45) is 3.14. The normalized spacial score (nSPS) is 16.3. The molecule has 1 aromatic rings. The van der Waals surface area contributed by atoms with Crippen molar-refractivity contribution < 1.29 is 9.66 Å². The van der Waals surface area contributed by atoms with Crippen molar-refractivity contribution in [2.45, 2.75) is 31.8 Å². The molecule has 0 bridgehead atoms. The Morgan fingerprint density at radius 1 is 1.35 bits per heavy atom. The third-order valence-corrected chi connectivity index (χ3v) is 3.88. The molecule has 0 atom stereocenters. The van der Waals surface area contributed by atoms with Gasteiger partial charge in [-0.1, -0.05) is 6.07 Å². The number of nitrogens with one attached hydrogen (secondary N) is 2. The fourth-order valence-electron chi connectivity index (χ4n) is 2.50. The minimum absolute atomic E-state index is 0.0972. The van der Waals surface area contributed by atoms with Gasteiger partial charge in [0.25, 0.3) is 0 Å². The van der Waals surface area contributed by atoms with E-state index in [0.717, 1.165) is 19.3 Å². The van der Waals surface area contributed by atoms with Crippen LogP contribution in [0.15, 0.2) is 18.2 Å². The number of nitro benzene ring substituents is 1. The molecule has 1 aliphatic carbocycles. The monoisotopic (exact) mass is 279 g/mol. The van der Waals surface area contributed by atoms with Gasteiger partial charge >= 0.3 is 5.69 Å². The number of nitrogens with zero attached hydrogens (tertiary/aromatic N) is 1. The summed E-state index contributed by atoms with van der Waals surface area (Å²) in [4.78, 5) is 10.9. The van der Waals surface area contributed by atoms with E-state index in [0.29, 0.717) is 24.5 Å². The SMILES string of the molecule is CCNc1cccc(NCC2(OC)CCC2)c1[N+](=O)[O-]. The molecular weight excluding hydrogens is 258 g/mol. The topological polar surface area (TPSA) is 76.4 Å². The van der Waals surface area contributed by atoms with Gasteiger partial charge < -0.3 is 15.4 Å². The Morgan fingerprint density at radius 2 is 2.00 bits per heavy atom. The molecule has 2 rings (SSSR count). The van der Waals surface area contributed by atoms with Gasteiger partial charge in [-0.15, -0.1) is 0 Å². The summed E-state index contributed by atoms with van der Waals surface area (Å²) in [5, 5.41) is 17.5. The van der Waals surface area contributed by atoms with E-state index in [4.69, 9.17) is 4.74 Å². The number of anilines is 2. The lowest BCUT2D eigenvalue weighted by Gasteiger charge is -2.40. The van der Waals surface area contributed by atoms with Gasteiger partial charge in [-0.25, -0.2) is 0 Å². The van der Waals surface area contributed by atoms with Gasteiger partial charge in [0.15, 0.2) is 0 Å². The Kier molecular flexibility index (Phi) is 4.44. The van der Waals surface area contributed by atoms with Crippen molar-refractivity contribution in [3.63, 3.8) is 0 Å². The number of para-hydroxylation sites is 1. The molecule has 20 heavy (non-hydrogen) atoms. The highest BCUT2D eigenvalue weighted by atomic mass is 16.6. The zero-order valence-electron chi connectivity index (χ0n) is 11.9. The van der Waals surface area contributed by atoms with Crippen molar-refractivity contribution in [3.8, 4) is 0 Å². The first-order valence-electron chi connectivity index (χ1n) is 6.92. The van der Waals surface area contributed by atoms with E-state index in [9.17, 15) is 10.1 Å².